The average Bonchev–Trinajstić information content (AvgIpc) is 2.41. The normalized spacial score (nSPS) is 16.9. The van der Waals surface area contributed by atoms with Gasteiger partial charge in [0.1, 0.15) is 5.82 Å². The third-order valence-electron chi connectivity index (χ3n) is 3.49. The minimum absolute atomic E-state index is 0.689. The summed E-state index contributed by atoms with van der Waals surface area (Å²) in [5.41, 5.74) is 1.14. The summed E-state index contributed by atoms with van der Waals surface area (Å²) in [4.78, 5) is 11.1. The van der Waals surface area contributed by atoms with Crippen LogP contribution in [0.4, 0.5) is 11.8 Å². The van der Waals surface area contributed by atoms with Gasteiger partial charge in [-0.25, -0.2) is 4.98 Å². The second kappa shape index (κ2) is 6.00. The summed E-state index contributed by atoms with van der Waals surface area (Å²) < 4.78 is 5.23. The van der Waals surface area contributed by atoms with Gasteiger partial charge in [-0.2, -0.15) is 4.98 Å². The number of anilines is 2. The number of nitrogens with zero attached hydrogens (tertiary/aromatic N) is 3. The molecule has 0 unspecified atom stereocenters. The summed E-state index contributed by atoms with van der Waals surface area (Å²) >= 11 is 0. The third-order valence-corrected chi connectivity index (χ3v) is 3.49. The van der Waals surface area contributed by atoms with Crippen molar-refractivity contribution in [2.75, 3.05) is 44.1 Å². The number of hydrogen-bond donors (Lipinski definition) is 1. The zero-order valence-electron chi connectivity index (χ0n) is 11.4. The second-order valence-electron chi connectivity index (χ2n) is 4.84. The molecule has 0 aliphatic carbocycles. The lowest BCUT2D eigenvalue weighted by molar-refractivity contribution is 0.139. The predicted octanol–water partition coefficient (Wildman–Crippen LogP) is 1.69. The third kappa shape index (κ3) is 2.90. The van der Waals surface area contributed by atoms with Crippen LogP contribution in [0.2, 0.25) is 0 Å². The van der Waals surface area contributed by atoms with Crippen LogP contribution in [0, 0.1) is 12.8 Å². The summed E-state index contributed by atoms with van der Waals surface area (Å²) in [5.74, 6) is 2.44. The van der Waals surface area contributed by atoms with Crippen molar-refractivity contribution in [2.45, 2.75) is 19.8 Å². The molecule has 5 nitrogen and oxygen atoms in total. The number of aromatic nitrogens is 2. The van der Waals surface area contributed by atoms with Crippen LogP contribution in [0.15, 0.2) is 6.20 Å². The van der Waals surface area contributed by atoms with Crippen LogP contribution in [0.25, 0.3) is 0 Å². The Labute approximate surface area is 109 Å². The standard InChI is InChI=1S/C13H22N4O/c1-10-8-15-13(14-2)16-12(10)17-6-4-11(5-7-17)9-18-3/h8,11H,4-7,9H2,1-3H3,(H,14,15,16). The number of rotatable bonds is 4. The lowest BCUT2D eigenvalue weighted by atomic mass is 9.97. The molecule has 1 aliphatic rings. The fraction of sp³-hybridized carbons (Fsp3) is 0.692. The summed E-state index contributed by atoms with van der Waals surface area (Å²) in [6.45, 7) is 5.04. The Morgan fingerprint density at radius 2 is 2.17 bits per heavy atom. The van der Waals surface area contributed by atoms with E-state index < -0.39 is 0 Å². The molecule has 5 heteroatoms. The van der Waals surface area contributed by atoms with Crippen molar-refractivity contribution in [1.29, 1.82) is 0 Å². The van der Waals surface area contributed by atoms with E-state index in [2.05, 4.69) is 27.1 Å². The van der Waals surface area contributed by atoms with E-state index in [-0.39, 0.29) is 0 Å². The maximum absolute atomic E-state index is 5.23. The SMILES string of the molecule is CNc1ncc(C)c(N2CCC(COC)CC2)n1. The zero-order valence-corrected chi connectivity index (χ0v) is 11.4. The van der Waals surface area contributed by atoms with E-state index in [0.717, 1.165) is 31.1 Å². The molecule has 2 heterocycles. The second-order valence-corrected chi connectivity index (χ2v) is 4.84. The summed E-state index contributed by atoms with van der Waals surface area (Å²) in [7, 11) is 3.62. The predicted molar refractivity (Wildman–Crippen MR) is 73.1 cm³/mol. The number of methoxy groups -OCH3 is 1. The molecule has 1 N–H and O–H groups in total. The zero-order chi connectivity index (χ0) is 13.0. The molecule has 2 rings (SSSR count). The molecular weight excluding hydrogens is 228 g/mol. The van der Waals surface area contributed by atoms with E-state index >= 15 is 0 Å². The molecule has 1 aromatic heterocycles. The summed E-state index contributed by atoms with van der Waals surface area (Å²) in [6.07, 6.45) is 4.23. The molecule has 0 atom stereocenters. The molecule has 1 aliphatic heterocycles. The van der Waals surface area contributed by atoms with Crippen molar-refractivity contribution in [2.24, 2.45) is 5.92 Å². The molecular formula is C13H22N4O. The molecule has 0 aromatic carbocycles. The number of piperidine rings is 1. The number of aryl methyl sites for hydroxylation is 1. The van der Waals surface area contributed by atoms with Crippen molar-refractivity contribution < 1.29 is 4.74 Å². The average molecular weight is 250 g/mol. The van der Waals surface area contributed by atoms with E-state index in [1.54, 1.807) is 7.11 Å². The van der Waals surface area contributed by atoms with Crippen molar-refractivity contribution >= 4 is 11.8 Å². The molecule has 1 fully saturated rings. The molecule has 0 amide bonds. The lowest BCUT2D eigenvalue weighted by Crippen LogP contribution is -2.36. The maximum atomic E-state index is 5.23. The Bertz CT molecular complexity index is 389. The summed E-state index contributed by atoms with van der Waals surface area (Å²) in [6, 6.07) is 0. The smallest absolute Gasteiger partial charge is 0.224 e. The van der Waals surface area contributed by atoms with Gasteiger partial charge in [0.2, 0.25) is 5.95 Å². The van der Waals surface area contributed by atoms with Gasteiger partial charge in [-0.05, 0) is 25.7 Å². The van der Waals surface area contributed by atoms with Crippen LogP contribution in [-0.4, -0.2) is 43.8 Å². The van der Waals surface area contributed by atoms with E-state index in [0.29, 0.717) is 11.9 Å². The van der Waals surface area contributed by atoms with Crippen LogP contribution in [0.5, 0.6) is 0 Å². The van der Waals surface area contributed by atoms with Crippen LogP contribution < -0.4 is 10.2 Å². The Morgan fingerprint density at radius 3 is 2.78 bits per heavy atom. The van der Waals surface area contributed by atoms with Gasteiger partial charge in [-0.3, -0.25) is 0 Å². The molecule has 100 valence electrons. The topological polar surface area (TPSA) is 50.3 Å². The number of hydrogen-bond acceptors (Lipinski definition) is 5. The van der Waals surface area contributed by atoms with E-state index in [4.69, 9.17) is 4.74 Å². The molecule has 1 aromatic rings. The first-order chi connectivity index (χ1) is 8.74. The van der Waals surface area contributed by atoms with Gasteiger partial charge in [0.05, 0.1) is 0 Å². The Morgan fingerprint density at radius 1 is 1.44 bits per heavy atom. The molecule has 0 radical (unpaired) electrons. The molecule has 1 saturated heterocycles. The number of ether oxygens (including phenoxy) is 1. The first kappa shape index (κ1) is 13.1. The van der Waals surface area contributed by atoms with E-state index in [1.165, 1.54) is 12.8 Å². The Hall–Kier alpha value is -1.36. The van der Waals surface area contributed by atoms with Crippen molar-refractivity contribution in [3.05, 3.63) is 11.8 Å². The van der Waals surface area contributed by atoms with Gasteiger partial charge in [-0.15, -0.1) is 0 Å². The molecule has 0 spiro atoms. The van der Waals surface area contributed by atoms with Gasteiger partial charge >= 0.3 is 0 Å². The minimum atomic E-state index is 0.689. The number of nitrogens with one attached hydrogen (secondary N) is 1. The largest absolute Gasteiger partial charge is 0.384 e. The van der Waals surface area contributed by atoms with Gasteiger partial charge in [0.15, 0.2) is 0 Å². The maximum Gasteiger partial charge on any atom is 0.224 e. The quantitative estimate of drug-likeness (QED) is 0.881. The molecule has 18 heavy (non-hydrogen) atoms. The monoisotopic (exact) mass is 250 g/mol. The van der Waals surface area contributed by atoms with Crippen molar-refractivity contribution in [1.82, 2.24) is 9.97 Å². The van der Waals surface area contributed by atoms with E-state index in [9.17, 15) is 0 Å². The Balaban J connectivity index is 2.04. The van der Waals surface area contributed by atoms with Gasteiger partial charge < -0.3 is 15.0 Å². The van der Waals surface area contributed by atoms with Crippen LogP contribution in [0.1, 0.15) is 18.4 Å². The van der Waals surface area contributed by atoms with Crippen LogP contribution >= 0.6 is 0 Å². The minimum Gasteiger partial charge on any atom is -0.384 e. The Kier molecular flexibility index (Phi) is 4.36. The van der Waals surface area contributed by atoms with Gasteiger partial charge in [0, 0.05) is 45.6 Å². The highest BCUT2D eigenvalue weighted by atomic mass is 16.5. The van der Waals surface area contributed by atoms with Crippen molar-refractivity contribution in [3.63, 3.8) is 0 Å². The highest BCUT2D eigenvalue weighted by Crippen LogP contribution is 2.24. The molecule has 0 saturated carbocycles. The van der Waals surface area contributed by atoms with Crippen LogP contribution in [0.3, 0.4) is 0 Å². The van der Waals surface area contributed by atoms with Crippen molar-refractivity contribution in [3.8, 4) is 0 Å². The highest BCUT2D eigenvalue weighted by molar-refractivity contribution is 5.49. The van der Waals surface area contributed by atoms with Gasteiger partial charge in [0.25, 0.3) is 0 Å². The highest BCUT2D eigenvalue weighted by Gasteiger charge is 2.21. The first-order valence-electron chi connectivity index (χ1n) is 6.50. The van der Waals surface area contributed by atoms with Gasteiger partial charge in [-0.1, -0.05) is 0 Å². The first-order valence-corrected chi connectivity index (χ1v) is 6.50. The summed E-state index contributed by atoms with van der Waals surface area (Å²) in [5, 5.41) is 2.99. The fourth-order valence-corrected chi connectivity index (χ4v) is 2.42. The van der Waals surface area contributed by atoms with Crippen LogP contribution in [-0.2, 0) is 4.74 Å². The molecule has 0 bridgehead atoms. The lowest BCUT2D eigenvalue weighted by Gasteiger charge is -2.33. The fourth-order valence-electron chi connectivity index (χ4n) is 2.42. The van der Waals surface area contributed by atoms with E-state index in [1.807, 2.05) is 13.2 Å².